The number of unbranched alkanes of at least 4 members (excludes halogenated alkanes) is 4. The van der Waals surface area contributed by atoms with E-state index in [0.29, 0.717) is 105 Å². The molecule has 94 heavy (non-hydrogen) atoms. The lowest BCUT2D eigenvalue weighted by Gasteiger charge is -2.45. The van der Waals surface area contributed by atoms with Gasteiger partial charge in [0.05, 0.1) is 71.0 Å². The highest BCUT2D eigenvalue weighted by Crippen LogP contribution is 2.83. The fraction of sp³-hybridized carbons (Fsp3) is 0.304. The molecule has 6 aliphatic rings. The van der Waals surface area contributed by atoms with Crippen LogP contribution in [-0.4, -0.2) is 72.1 Å². The molecule has 0 amide bonds. The summed E-state index contributed by atoms with van der Waals surface area (Å²) in [6, 6.07) is 53.5. The highest BCUT2D eigenvalue weighted by molar-refractivity contribution is 6.30. The van der Waals surface area contributed by atoms with Gasteiger partial charge < -0.3 is 38.4 Å². The van der Waals surface area contributed by atoms with Crippen molar-refractivity contribution in [1.29, 1.82) is 0 Å². The molecule has 2 unspecified atom stereocenters. The second-order valence-corrected chi connectivity index (χ2v) is 25.6. The SMILES string of the molecule is CCCCOc1c2c(c(OCCCC)c3c4nc5cccc(n5)nc5[nH]c(nc6cccc(n6)nc([nH]4)c13)c1c(OCCCC)c3c(c(OCCCC)c51)[C@@H]1O[C@H]3C3C1[C@]1(c4ccccc4)C(=O)[C@@]3(c3ccccc3)C(c3ccccc3)=C1c1ccccc1)[C@H]1C=C[C@@H]2O1. The van der Waals surface area contributed by atoms with Crippen molar-refractivity contribution >= 4 is 83.7 Å². The van der Waals surface area contributed by atoms with Gasteiger partial charge in [0, 0.05) is 34.1 Å². The molecule has 11 aromatic rings. The Hall–Kier alpha value is -9.83. The molecule has 14 bridgehead atoms. The molecule has 0 radical (unpaired) electrons. The number of rotatable bonds is 20. The normalized spacial score (nSPS) is 22.5. The molecule has 2 N–H and O–H groups in total. The van der Waals surface area contributed by atoms with Crippen LogP contribution in [0.4, 0.5) is 0 Å². The number of carbonyl (C=O) groups excluding carboxylic acids is 1. The minimum atomic E-state index is -1.21. The Morgan fingerprint density at radius 1 is 0.383 bits per heavy atom. The second-order valence-electron chi connectivity index (χ2n) is 25.6. The minimum Gasteiger partial charge on any atom is -0.492 e. The van der Waals surface area contributed by atoms with E-state index >= 15 is 4.79 Å². The van der Waals surface area contributed by atoms with Gasteiger partial charge in [-0.2, -0.15) is 0 Å². The van der Waals surface area contributed by atoms with E-state index in [1.807, 2.05) is 60.7 Å². The highest BCUT2D eigenvalue weighted by Gasteiger charge is 2.83. The first-order valence-corrected chi connectivity index (χ1v) is 33.7. The minimum absolute atomic E-state index is 0.142. The van der Waals surface area contributed by atoms with Crippen LogP contribution in [0.1, 0.15) is 148 Å². The van der Waals surface area contributed by atoms with Gasteiger partial charge in [0.2, 0.25) is 0 Å². The van der Waals surface area contributed by atoms with Crippen LogP contribution in [0.25, 0.3) is 77.9 Å². The average Bonchev–Trinajstić information content (AvgIpc) is 1.45. The Bertz CT molecular complexity index is 4710. The number of aromatic nitrogens is 8. The van der Waals surface area contributed by atoms with E-state index in [9.17, 15) is 0 Å². The van der Waals surface area contributed by atoms with E-state index in [-0.39, 0.29) is 18.0 Å². The van der Waals surface area contributed by atoms with Crippen molar-refractivity contribution in [3.8, 4) is 23.0 Å². The fourth-order valence-corrected chi connectivity index (χ4v) is 16.6. The maximum atomic E-state index is 17.6. The summed E-state index contributed by atoms with van der Waals surface area (Å²) in [6.45, 7) is 10.4. The lowest BCUT2D eigenvalue weighted by molar-refractivity contribution is -0.125. The number of benzene rings is 6. The topological polar surface area (TPSA) is 181 Å². The molecule has 9 heterocycles. The van der Waals surface area contributed by atoms with Gasteiger partial charge in [0.15, 0.2) is 28.4 Å². The maximum Gasteiger partial charge on any atom is 0.163 e. The van der Waals surface area contributed by atoms with E-state index in [0.717, 1.165) is 118 Å². The summed E-state index contributed by atoms with van der Waals surface area (Å²) >= 11 is 0. The van der Waals surface area contributed by atoms with Crippen molar-refractivity contribution in [2.45, 2.75) is 114 Å². The van der Waals surface area contributed by atoms with Crippen molar-refractivity contribution in [1.82, 2.24) is 39.9 Å². The van der Waals surface area contributed by atoms with Crippen LogP contribution in [0.5, 0.6) is 23.0 Å². The first-order valence-electron chi connectivity index (χ1n) is 33.7. The van der Waals surface area contributed by atoms with Gasteiger partial charge in [0.25, 0.3) is 0 Å². The second kappa shape index (κ2) is 23.3. The summed E-state index contributed by atoms with van der Waals surface area (Å²) in [7, 11) is 0. The molecule has 470 valence electrons. The summed E-state index contributed by atoms with van der Waals surface area (Å²) in [6.07, 6.45) is 9.17. The molecule has 6 aromatic carbocycles. The molecule has 1 saturated heterocycles. The highest BCUT2D eigenvalue weighted by atomic mass is 16.5. The number of pyridine rings is 2. The van der Waals surface area contributed by atoms with Gasteiger partial charge in [-0.25, -0.2) is 29.9 Å². The third-order valence-corrected chi connectivity index (χ3v) is 20.3. The number of allylic oxidation sites excluding steroid dienone is 2. The maximum absolute atomic E-state index is 17.6. The molecule has 8 atom stereocenters. The molecule has 15 nitrogen and oxygen atoms in total. The number of ether oxygens (including phenoxy) is 6. The number of H-pyrrole nitrogens is 2. The van der Waals surface area contributed by atoms with Gasteiger partial charge in [-0.1, -0.05) is 199 Å². The smallest absolute Gasteiger partial charge is 0.163 e. The van der Waals surface area contributed by atoms with Crippen molar-refractivity contribution in [2.75, 3.05) is 26.4 Å². The van der Waals surface area contributed by atoms with Gasteiger partial charge >= 0.3 is 0 Å². The van der Waals surface area contributed by atoms with Crippen molar-refractivity contribution in [3.05, 3.63) is 214 Å². The lowest BCUT2D eigenvalue weighted by atomic mass is 9.54. The zero-order valence-electron chi connectivity index (χ0n) is 53.2. The largest absolute Gasteiger partial charge is 0.492 e. The first-order chi connectivity index (χ1) is 46.4. The Labute approximate surface area is 544 Å². The van der Waals surface area contributed by atoms with Crippen molar-refractivity contribution < 1.29 is 33.2 Å². The number of nitrogens with one attached hydrogen (secondary N) is 2. The Morgan fingerprint density at radius 3 is 1.03 bits per heavy atom. The zero-order chi connectivity index (χ0) is 63.2. The molecule has 0 spiro atoms. The predicted molar refractivity (Wildman–Crippen MR) is 365 cm³/mol. The molecule has 2 aliphatic carbocycles. The van der Waals surface area contributed by atoms with Crippen LogP contribution in [-0.2, 0) is 25.1 Å². The van der Waals surface area contributed by atoms with Crippen molar-refractivity contribution in [2.24, 2.45) is 11.8 Å². The number of hydrogen-bond donors (Lipinski definition) is 2. The Balaban J connectivity index is 0.985. The third kappa shape index (κ3) is 8.58. The number of Topliss-reactive ketones (excluding diaryl/α,β-unsaturated/α-hetero) is 1. The number of hydrogen-bond acceptors (Lipinski definition) is 13. The Morgan fingerprint density at radius 2 is 0.702 bits per heavy atom. The van der Waals surface area contributed by atoms with Crippen LogP contribution < -0.4 is 18.9 Å². The number of aromatic amines is 2. The van der Waals surface area contributed by atoms with E-state index in [4.69, 9.17) is 58.3 Å². The Kier molecular flexibility index (Phi) is 14.4. The first kappa shape index (κ1) is 58.0. The van der Waals surface area contributed by atoms with Crippen molar-refractivity contribution in [3.63, 3.8) is 0 Å². The number of carbonyl (C=O) groups is 1. The summed E-state index contributed by atoms with van der Waals surface area (Å²) in [5.41, 5.74) is 10.5. The quantitative estimate of drug-likeness (QED) is 0.0544. The summed E-state index contributed by atoms with van der Waals surface area (Å²) in [5.74, 6) is 1.88. The van der Waals surface area contributed by atoms with E-state index in [2.05, 4.69) is 147 Å². The molecule has 5 aromatic heterocycles. The zero-order valence-corrected chi connectivity index (χ0v) is 53.2. The van der Waals surface area contributed by atoms with Gasteiger partial charge in [0.1, 0.15) is 57.8 Å². The van der Waals surface area contributed by atoms with E-state index < -0.39 is 34.9 Å². The van der Waals surface area contributed by atoms with E-state index in [1.54, 1.807) is 0 Å². The van der Waals surface area contributed by atoms with E-state index in [1.165, 1.54) is 0 Å². The summed E-state index contributed by atoms with van der Waals surface area (Å²) in [5, 5.41) is 2.77. The van der Waals surface area contributed by atoms with Gasteiger partial charge in [-0.3, -0.25) is 4.79 Å². The molecule has 4 aliphatic heterocycles. The molecule has 1 saturated carbocycles. The lowest BCUT2D eigenvalue weighted by Crippen LogP contribution is -2.42. The van der Waals surface area contributed by atoms with Crippen LogP contribution in [0.2, 0.25) is 0 Å². The molecular formula is C79H72N8O7. The van der Waals surface area contributed by atoms with Gasteiger partial charge in [-0.05, 0) is 83.3 Å². The predicted octanol–water partition coefficient (Wildman–Crippen LogP) is 17.2. The molecule has 2 fully saturated rings. The monoisotopic (exact) mass is 1240 g/mol. The summed E-state index contributed by atoms with van der Waals surface area (Å²) < 4.78 is 43.2. The van der Waals surface area contributed by atoms with Crippen LogP contribution >= 0.6 is 0 Å². The standard InChI is InChI=1S/C79H72N8O7/c1-5-9-41-89-67-55-49-39-40-50(93-49)56(55)68(90-42-10-6-2)60-59(67)73-82-51-35-25-37-53(80-51)84-75-61-62(76(87-75)85-54-38-26-36-52(81-54)83-74(60)86-73)70(92-44-12-8-4)58-57(69(61)91-43-11-7-3)71-65-66(72(58)94-71)79(48-33-23-16-24-34-48)64(46-29-19-14-20-30-46)63(45-27-17-13-18-28-45)78(65,77(79)88)47-31-21-15-22-32-47/h13-40,49-50,65-66,71-72H,5-12,41-44H2,1-4H3,(H2,80,81,82,83,84,85,86,87)/t49-,50+,65?,66?,71+,72-,78-,79+. The number of nitrogens with zero attached hydrogens (tertiary/aromatic N) is 6. The summed E-state index contributed by atoms with van der Waals surface area (Å²) in [4.78, 5) is 57.2. The van der Waals surface area contributed by atoms with Crippen LogP contribution in [0.15, 0.2) is 170 Å². The fourth-order valence-electron chi connectivity index (χ4n) is 16.6. The molecule has 15 heteroatoms. The number of ketones is 1. The molecular weight excluding hydrogens is 1170 g/mol. The van der Waals surface area contributed by atoms with Crippen LogP contribution in [0.3, 0.4) is 0 Å². The number of fused-ring (bicyclic) bond motifs is 31. The third-order valence-electron chi connectivity index (χ3n) is 20.3. The average molecular weight is 1250 g/mol. The molecule has 17 rings (SSSR count). The van der Waals surface area contributed by atoms with Crippen LogP contribution in [0, 0.1) is 11.8 Å². The van der Waals surface area contributed by atoms with Gasteiger partial charge in [-0.15, -0.1) is 0 Å².